The molecule has 2 heterocycles. The molecule has 2 N–H and O–H groups in total. The summed E-state index contributed by atoms with van der Waals surface area (Å²) in [5.74, 6) is 0.840. The largest absolute Gasteiger partial charge is 0.363 e. The van der Waals surface area contributed by atoms with Crippen molar-refractivity contribution in [1.29, 1.82) is 0 Å². The van der Waals surface area contributed by atoms with Gasteiger partial charge in [0, 0.05) is 5.70 Å². The van der Waals surface area contributed by atoms with E-state index in [2.05, 4.69) is 27.2 Å². The molecule has 4 nitrogen and oxygen atoms in total. The fourth-order valence-corrected chi connectivity index (χ4v) is 0.987. The molecule has 0 fully saturated rings. The molecular formula is C7H8N4. The Morgan fingerprint density at radius 3 is 3.36 bits per heavy atom. The maximum Gasteiger partial charge on any atom is 0.153 e. The van der Waals surface area contributed by atoms with E-state index < -0.39 is 0 Å². The molecular weight excluding hydrogens is 140 g/mol. The number of aromatic nitrogens is 2. The van der Waals surface area contributed by atoms with Gasteiger partial charge in [-0.15, -0.1) is 0 Å². The Labute approximate surface area is 64.4 Å². The summed E-state index contributed by atoms with van der Waals surface area (Å²) in [6, 6.07) is 0. The lowest BCUT2D eigenvalue weighted by molar-refractivity contribution is 1.08. The van der Waals surface area contributed by atoms with Crippen LogP contribution in [0.2, 0.25) is 0 Å². The van der Waals surface area contributed by atoms with Gasteiger partial charge in [0.05, 0.1) is 18.4 Å². The van der Waals surface area contributed by atoms with Crippen LogP contribution in [0.15, 0.2) is 24.8 Å². The predicted molar refractivity (Wildman–Crippen MR) is 43.3 cm³/mol. The first-order valence-corrected chi connectivity index (χ1v) is 3.35. The summed E-state index contributed by atoms with van der Waals surface area (Å²) in [6.45, 7) is 4.51. The molecule has 4 heteroatoms. The highest BCUT2D eigenvalue weighted by atomic mass is 15.1. The Kier molecular flexibility index (Phi) is 1.25. The first-order valence-electron chi connectivity index (χ1n) is 3.35. The highest BCUT2D eigenvalue weighted by molar-refractivity contribution is 5.68. The molecule has 2 rings (SSSR count). The summed E-state index contributed by atoms with van der Waals surface area (Å²) in [4.78, 5) is 7.91. The molecule has 1 aliphatic rings. The van der Waals surface area contributed by atoms with E-state index in [-0.39, 0.29) is 0 Å². The van der Waals surface area contributed by atoms with Crippen LogP contribution < -0.4 is 10.6 Å². The third kappa shape index (κ3) is 1.02. The molecule has 0 radical (unpaired) electrons. The van der Waals surface area contributed by atoms with E-state index in [0.717, 1.165) is 23.7 Å². The number of fused-ring (bicyclic) bond motifs is 1. The Hall–Kier alpha value is -1.58. The fourth-order valence-electron chi connectivity index (χ4n) is 0.987. The van der Waals surface area contributed by atoms with E-state index in [1.807, 2.05) is 0 Å². The van der Waals surface area contributed by atoms with Gasteiger partial charge in [-0.05, 0) is 0 Å². The zero-order valence-electron chi connectivity index (χ0n) is 5.96. The molecule has 0 amide bonds. The molecule has 0 spiro atoms. The van der Waals surface area contributed by atoms with Crippen molar-refractivity contribution < 1.29 is 0 Å². The molecule has 0 aliphatic carbocycles. The Morgan fingerprint density at radius 2 is 2.45 bits per heavy atom. The Morgan fingerprint density at radius 1 is 1.55 bits per heavy atom. The lowest BCUT2D eigenvalue weighted by Crippen LogP contribution is -2.18. The van der Waals surface area contributed by atoms with Gasteiger partial charge in [-0.25, -0.2) is 9.97 Å². The lowest BCUT2D eigenvalue weighted by Gasteiger charge is -2.19. The molecule has 1 aromatic rings. The van der Waals surface area contributed by atoms with E-state index in [4.69, 9.17) is 0 Å². The van der Waals surface area contributed by atoms with Crippen molar-refractivity contribution in [2.45, 2.75) is 0 Å². The quantitative estimate of drug-likeness (QED) is 0.572. The van der Waals surface area contributed by atoms with Crippen molar-refractivity contribution in [3.05, 3.63) is 24.8 Å². The molecule has 56 valence electrons. The van der Waals surface area contributed by atoms with Gasteiger partial charge in [0.15, 0.2) is 5.82 Å². The standard InChI is InChI=1S/C7H8N4/c1-5-2-9-7-6(11-5)3-8-4-10-7/h3-4,11H,1-2H2,(H,8,9,10). The fraction of sp³-hybridized carbons (Fsp3) is 0.143. The number of nitrogens with zero attached hydrogens (tertiary/aromatic N) is 2. The second-order valence-electron chi connectivity index (χ2n) is 2.37. The summed E-state index contributed by atoms with van der Waals surface area (Å²) < 4.78 is 0. The average Bonchev–Trinajstić information content (AvgIpc) is 2.04. The summed E-state index contributed by atoms with van der Waals surface area (Å²) in [6.07, 6.45) is 3.24. The Bertz CT molecular complexity index is 294. The average molecular weight is 148 g/mol. The van der Waals surface area contributed by atoms with Gasteiger partial charge in [0.1, 0.15) is 6.33 Å². The van der Waals surface area contributed by atoms with Crippen LogP contribution in [0.4, 0.5) is 11.5 Å². The zero-order valence-corrected chi connectivity index (χ0v) is 5.96. The molecule has 0 bridgehead atoms. The molecule has 0 aromatic carbocycles. The number of rotatable bonds is 0. The minimum absolute atomic E-state index is 0.726. The van der Waals surface area contributed by atoms with E-state index in [1.54, 1.807) is 6.20 Å². The van der Waals surface area contributed by atoms with Gasteiger partial charge in [0.2, 0.25) is 0 Å². The summed E-state index contributed by atoms with van der Waals surface area (Å²) in [7, 11) is 0. The van der Waals surface area contributed by atoms with Crippen LogP contribution in [0.5, 0.6) is 0 Å². The van der Waals surface area contributed by atoms with Gasteiger partial charge in [-0.1, -0.05) is 6.58 Å². The predicted octanol–water partition coefficient (Wildman–Crippen LogP) is 0.828. The first kappa shape index (κ1) is 6.15. The molecule has 0 saturated heterocycles. The number of nitrogens with one attached hydrogen (secondary N) is 2. The molecule has 0 saturated carbocycles. The van der Waals surface area contributed by atoms with Crippen LogP contribution in [0.3, 0.4) is 0 Å². The van der Waals surface area contributed by atoms with Crippen molar-refractivity contribution in [1.82, 2.24) is 9.97 Å². The molecule has 1 aromatic heterocycles. The maximum absolute atomic E-state index is 4.03. The SMILES string of the molecule is C=C1CNc2ncncc2N1. The monoisotopic (exact) mass is 148 g/mol. The highest BCUT2D eigenvalue weighted by Gasteiger charge is 2.09. The second kappa shape index (κ2) is 2.23. The van der Waals surface area contributed by atoms with Crippen molar-refractivity contribution in [3.8, 4) is 0 Å². The summed E-state index contributed by atoms with van der Waals surface area (Å²) in [5, 5.41) is 6.18. The zero-order chi connectivity index (χ0) is 7.68. The second-order valence-corrected chi connectivity index (χ2v) is 2.37. The van der Waals surface area contributed by atoms with Crippen LogP contribution in [-0.2, 0) is 0 Å². The third-order valence-corrected chi connectivity index (χ3v) is 1.49. The maximum atomic E-state index is 4.03. The smallest absolute Gasteiger partial charge is 0.153 e. The third-order valence-electron chi connectivity index (χ3n) is 1.49. The Balaban J connectivity index is 2.41. The van der Waals surface area contributed by atoms with Crippen LogP contribution in [-0.4, -0.2) is 16.5 Å². The van der Waals surface area contributed by atoms with Crippen molar-refractivity contribution in [2.75, 3.05) is 17.2 Å². The molecule has 1 aliphatic heterocycles. The highest BCUT2D eigenvalue weighted by Crippen LogP contribution is 2.21. The minimum Gasteiger partial charge on any atom is -0.363 e. The van der Waals surface area contributed by atoms with E-state index >= 15 is 0 Å². The lowest BCUT2D eigenvalue weighted by atomic mass is 10.3. The van der Waals surface area contributed by atoms with Gasteiger partial charge in [0.25, 0.3) is 0 Å². The van der Waals surface area contributed by atoms with Crippen LogP contribution >= 0.6 is 0 Å². The summed E-state index contributed by atoms with van der Waals surface area (Å²) >= 11 is 0. The van der Waals surface area contributed by atoms with Crippen molar-refractivity contribution >= 4 is 11.5 Å². The van der Waals surface area contributed by atoms with E-state index in [9.17, 15) is 0 Å². The van der Waals surface area contributed by atoms with E-state index in [1.165, 1.54) is 6.33 Å². The number of anilines is 2. The van der Waals surface area contributed by atoms with E-state index in [0.29, 0.717) is 0 Å². The normalized spacial score (nSPS) is 14.7. The molecule has 11 heavy (non-hydrogen) atoms. The van der Waals surface area contributed by atoms with Crippen LogP contribution in [0, 0.1) is 0 Å². The van der Waals surface area contributed by atoms with Gasteiger partial charge < -0.3 is 10.6 Å². The van der Waals surface area contributed by atoms with Gasteiger partial charge >= 0.3 is 0 Å². The molecule has 0 atom stereocenters. The number of hydrogen-bond acceptors (Lipinski definition) is 4. The molecule has 0 unspecified atom stereocenters. The minimum atomic E-state index is 0.726. The van der Waals surface area contributed by atoms with Crippen molar-refractivity contribution in [2.24, 2.45) is 0 Å². The topological polar surface area (TPSA) is 49.8 Å². The van der Waals surface area contributed by atoms with Crippen molar-refractivity contribution in [3.63, 3.8) is 0 Å². The summed E-state index contributed by atoms with van der Waals surface area (Å²) in [5.41, 5.74) is 1.83. The first-order chi connectivity index (χ1) is 5.36. The van der Waals surface area contributed by atoms with Crippen LogP contribution in [0.25, 0.3) is 0 Å². The van der Waals surface area contributed by atoms with Crippen LogP contribution in [0.1, 0.15) is 0 Å². The number of hydrogen-bond donors (Lipinski definition) is 2. The van der Waals surface area contributed by atoms with Gasteiger partial charge in [-0.3, -0.25) is 0 Å². The van der Waals surface area contributed by atoms with Gasteiger partial charge in [-0.2, -0.15) is 0 Å².